The molecule has 0 aromatic carbocycles. The van der Waals surface area contributed by atoms with Gasteiger partial charge in [-0.2, -0.15) is 0 Å². The van der Waals surface area contributed by atoms with Gasteiger partial charge in [-0.05, 0) is 19.2 Å². The van der Waals surface area contributed by atoms with E-state index in [1.165, 1.54) is 0 Å². The molecule has 0 saturated carbocycles. The molecule has 5 heteroatoms. The van der Waals surface area contributed by atoms with Gasteiger partial charge in [0.05, 0.1) is 31.1 Å². The molecule has 1 saturated heterocycles. The summed E-state index contributed by atoms with van der Waals surface area (Å²) in [5.74, 6) is 0.955. The molecule has 1 fully saturated rings. The highest BCUT2D eigenvalue weighted by Crippen LogP contribution is 2.23. The number of pyridine rings is 1. The third-order valence-corrected chi connectivity index (χ3v) is 3.28. The van der Waals surface area contributed by atoms with Gasteiger partial charge in [0.15, 0.2) is 0 Å². The van der Waals surface area contributed by atoms with Crippen LogP contribution in [-0.2, 0) is 4.74 Å². The van der Waals surface area contributed by atoms with Gasteiger partial charge < -0.3 is 9.72 Å². The van der Waals surface area contributed by atoms with Crippen molar-refractivity contribution in [1.29, 1.82) is 0 Å². The molecule has 0 spiro atoms. The molecule has 94 valence electrons. The van der Waals surface area contributed by atoms with Crippen molar-refractivity contribution >= 4 is 0 Å². The van der Waals surface area contributed by atoms with E-state index < -0.39 is 0 Å². The predicted octanol–water partition coefficient (Wildman–Crippen LogP) is 1.47. The molecule has 0 bridgehead atoms. The van der Waals surface area contributed by atoms with E-state index in [2.05, 4.69) is 26.9 Å². The summed E-state index contributed by atoms with van der Waals surface area (Å²) in [5, 5.41) is 0. The van der Waals surface area contributed by atoms with Crippen molar-refractivity contribution < 1.29 is 4.74 Å². The molecule has 0 amide bonds. The van der Waals surface area contributed by atoms with Crippen molar-refractivity contribution in [2.75, 3.05) is 26.8 Å². The Hall–Kier alpha value is -1.72. The van der Waals surface area contributed by atoms with Crippen LogP contribution in [0.5, 0.6) is 0 Å². The zero-order chi connectivity index (χ0) is 12.4. The van der Waals surface area contributed by atoms with Gasteiger partial charge in [0.2, 0.25) is 0 Å². The van der Waals surface area contributed by atoms with E-state index in [1.807, 2.05) is 24.5 Å². The zero-order valence-electron chi connectivity index (χ0n) is 10.3. The van der Waals surface area contributed by atoms with Crippen LogP contribution in [-0.4, -0.2) is 46.7 Å². The van der Waals surface area contributed by atoms with Crippen LogP contribution in [0.25, 0.3) is 11.3 Å². The Morgan fingerprint density at radius 1 is 1.44 bits per heavy atom. The summed E-state index contributed by atoms with van der Waals surface area (Å²) in [6.45, 7) is 2.42. The average molecular weight is 244 g/mol. The highest BCUT2D eigenvalue weighted by atomic mass is 16.5. The first-order chi connectivity index (χ1) is 8.84. The molecule has 0 unspecified atom stereocenters. The Morgan fingerprint density at radius 2 is 2.39 bits per heavy atom. The lowest BCUT2D eigenvalue weighted by atomic mass is 10.2. The standard InChI is InChI=1S/C13H16N4O/c1-17-5-6-18-9-12(17)13-15-8-11(16-13)10-3-2-4-14-7-10/h2-4,7-8,12H,5-6,9H2,1H3,(H,15,16)/t12-/m0/s1. The van der Waals surface area contributed by atoms with E-state index in [1.54, 1.807) is 6.20 Å². The number of imidazole rings is 1. The second-order valence-corrected chi connectivity index (χ2v) is 4.50. The topological polar surface area (TPSA) is 54.0 Å². The minimum Gasteiger partial charge on any atom is -0.378 e. The number of aromatic nitrogens is 3. The molecule has 1 N–H and O–H groups in total. The van der Waals surface area contributed by atoms with Crippen molar-refractivity contribution in [2.24, 2.45) is 0 Å². The van der Waals surface area contributed by atoms with Crippen LogP contribution in [0.1, 0.15) is 11.9 Å². The summed E-state index contributed by atoms with van der Waals surface area (Å²) in [5.41, 5.74) is 2.05. The number of rotatable bonds is 2. The van der Waals surface area contributed by atoms with Crippen LogP contribution in [0.3, 0.4) is 0 Å². The second-order valence-electron chi connectivity index (χ2n) is 4.50. The average Bonchev–Trinajstić information content (AvgIpc) is 2.90. The fraction of sp³-hybridized carbons (Fsp3) is 0.385. The second kappa shape index (κ2) is 4.88. The zero-order valence-corrected chi connectivity index (χ0v) is 10.3. The molecule has 2 aromatic rings. The SMILES string of the molecule is CN1CCOC[C@H]1c1ncc(-c2cccnc2)[nH]1. The van der Waals surface area contributed by atoms with Crippen molar-refractivity contribution in [3.63, 3.8) is 0 Å². The summed E-state index contributed by atoms with van der Waals surface area (Å²) in [4.78, 5) is 14.2. The number of morpholine rings is 1. The Kier molecular flexibility index (Phi) is 3.08. The molecule has 3 heterocycles. The number of hydrogen-bond acceptors (Lipinski definition) is 4. The molecule has 0 radical (unpaired) electrons. The third kappa shape index (κ3) is 2.14. The monoisotopic (exact) mass is 244 g/mol. The first-order valence-corrected chi connectivity index (χ1v) is 6.08. The van der Waals surface area contributed by atoms with Crippen molar-refractivity contribution in [3.05, 3.63) is 36.5 Å². The third-order valence-electron chi connectivity index (χ3n) is 3.28. The predicted molar refractivity (Wildman–Crippen MR) is 68.0 cm³/mol. The molecule has 18 heavy (non-hydrogen) atoms. The maximum Gasteiger partial charge on any atom is 0.126 e. The fourth-order valence-corrected chi connectivity index (χ4v) is 2.15. The lowest BCUT2D eigenvalue weighted by molar-refractivity contribution is 0.00215. The number of aromatic amines is 1. The van der Waals surface area contributed by atoms with Gasteiger partial charge in [-0.1, -0.05) is 0 Å². The minimum absolute atomic E-state index is 0.212. The van der Waals surface area contributed by atoms with Crippen molar-refractivity contribution in [2.45, 2.75) is 6.04 Å². The molecule has 1 atom stereocenters. The molecule has 5 nitrogen and oxygen atoms in total. The molecular formula is C13H16N4O. The number of hydrogen-bond donors (Lipinski definition) is 1. The Morgan fingerprint density at radius 3 is 3.17 bits per heavy atom. The summed E-state index contributed by atoms with van der Waals surface area (Å²) in [6.07, 6.45) is 5.46. The molecule has 3 rings (SSSR count). The van der Waals surface area contributed by atoms with E-state index in [4.69, 9.17) is 4.74 Å². The lowest BCUT2D eigenvalue weighted by Gasteiger charge is -2.30. The van der Waals surface area contributed by atoms with Crippen LogP contribution >= 0.6 is 0 Å². The van der Waals surface area contributed by atoms with E-state index in [0.717, 1.165) is 30.2 Å². The molecule has 1 aliphatic heterocycles. The lowest BCUT2D eigenvalue weighted by Crippen LogP contribution is -2.37. The summed E-state index contributed by atoms with van der Waals surface area (Å²) < 4.78 is 5.51. The number of ether oxygens (including phenoxy) is 1. The van der Waals surface area contributed by atoms with Crippen LogP contribution in [0, 0.1) is 0 Å². The van der Waals surface area contributed by atoms with Gasteiger partial charge in [0, 0.05) is 24.5 Å². The molecule has 1 aliphatic rings. The number of H-pyrrole nitrogens is 1. The van der Waals surface area contributed by atoms with Crippen LogP contribution in [0.2, 0.25) is 0 Å². The highest BCUT2D eigenvalue weighted by Gasteiger charge is 2.23. The first-order valence-electron chi connectivity index (χ1n) is 6.08. The van der Waals surface area contributed by atoms with Gasteiger partial charge in [0.1, 0.15) is 5.82 Å². The number of likely N-dealkylation sites (N-methyl/N-ethyl adjacent to an activating group) is 1. The Labute approximate surface area is 106 Å². The van der Waals surface area contributed by atoms with E-state index in [-0.39, 0.29) is 6.04 Å². The van der Waals surface area contributed by atoms with Crippen LogP contribution < -0.4 is 0 Å². The quantitative estimate of drug-likeness (QED) is 0.869. The van der Waals surface area contributed by atoms with Crippen molar-refractivity contribution in [3.8, 4) is 11.3 Å². The maximum atomic E-state index is 5.51. The van der Waals surface area contributed by atoms with E-state index in [9.17, 15) is 0 Å². The molecule has 0 aliphatic carbocycles. The highest BCUT2D eigenvalue weighted by molar-refractivity contribution is 5.56. The minimum atomic E-state index is 0.212. The molecular weight excluding hydrogens is 228 g/mol. The summed E-state index contributed by atoms with van der Waals surface area (Å²) >= 11 is 0. The van der Waals surface area contributed by atoms with Crippen molar-refractivity contribution in [1.82, 2.24) is 19.9 Å². The maximum absolute atomic E-state index is 5.51. The summed E-state index contributed by atoms with van der Waals surface area (Å²) in [7, 11) is 2.10. The number of nitrogens with one attached hydrogen (secondary N) is 1. The number of nitrogens with zero attached hydrogens (tertiary/aromatic N) is 3. The fourth-order valence-electron chi connectivity index (χ4n) is 2.15. The van der Waals surface area contributed by atoms with Gasteiger partial charge in [-0.15, -0.1) is 0 Å². The first kappa shape index (κ1) is 11.4. The van der Waals surface area contributed by atoms with Crippen LogP contribution in [0.4, 0.5) is 0 Å². The summed E-state index contributed by atoms with van der Waals surface area (Å²) in [6, 6.07) is 4.15. The van der Waals surface area contributed by atoms with Gasteiger partial charge in [0.25, 0.3) is 0 Å². The largest absolute Gasteiger partial charge is 0.378 e. The smallest absolute Gasteiger partial charge is 0.126 e. The van der Waals surface area contributed by atoms with Gasteiger partial charge >= 0.3 is 0 Å². The van der Waals surface area contributed by atoms with Gasteiger partial charge in [-0.25, -0.2) is 4.98 Å². The van der Waals surface area contributed by atoms with Crippen LogP contribution in [0.15, 0.2) is 30.7 Å². The Bertz CT molecular complexity index is 511. The van der Waals surface area contributed by atoms with E-state index in [0.29, 0.717) is 6.61 Å². The van der Waals surface area contributed by atoms with E-state index >= 15 is 0 Å². The van der Waals surface area contributed by atoms with Gasteiger partial charge in [-0.3, -0.25) is 9.88 Å². The molecule has 2 aromatic heterocycles. The Balaban J connectivity index is 1.85. The normalized spacial score (nSPS) is 21.1.